The number of ether oxygens (including phenoxy) is 1. The second kappa shape index (κ2) is 7.37. The minimum atomic E-state index is -3.63. The topological polar surface area (TPSA) is 92.7 Å². The van der Waals surface area contributed by atoms with E-state index in [2.05, 4.69) is 4.72 Å². The van der Waals surface area contributed by atoms with E-state index in [0.29, 0.717) is 5.56 Å². The van der Waals surface area contributed by atoms with Crippen molar-refractivity contribution in [3.8, 4) is 0 Å². The largest absolute Gasteiger partial charge is 0.462 e. The van der Waals surface area contributed by atoms with Gasteiger partial charge >= 0.3 is 5.97 Å². The van der Waals surface area contributed by atoms with Gasteiger partial charge < -0.3 is 9.84 Å². The van der Waals surface area contributed by atoms with Gasteiger partial charge in [-0.1, -0.05) is 6.92 Å². The number of esters is 1. The molecule has 0 saturated heterocycles. The van der Waals surface area contributed by atoms with Gasteiger partial charge in [0.1, 0.15) is 0 Å². The van der Waals surface area contributed by atoms with Crippen LogP contribution in [0, 0.1) is 5.92 Å². The molecule has 6 nitrogen and oxygen atoms in total. The lowest BCUT2D eigenvalue weighted by Gasteiger charge is -2.10. The second-order valence-electron chi connectivity index (χ2n) is 4.38. The number of sulfonamides is 1. The number of nitrogens with one attached hydrogen (secondary N) is 1. The highest BCUT2D eigenvalue weighted by Gasteiger charge is 2.16. The molecule has 0 aliphatic carbocycles. The van der Waals surface area contributed by atoms with Crippen molar-refractivity contribution < 1.29 is 23.1 Å². The average Bonchev–Trinajstić information content (AvgIpc) is 2.45. The number of benzene rings is 1. The standard InChI is InChI=1S/C13H19NO5S/c1-3-19-13(16)11-4-6-12(7-5-11)20(17,18)14-8-10(2)9-15/h4-7,10,14-15H,3,8-9H2,1-2H3. The summed E-state index contributed by atoms with van der Waals surface area (Å²) in [6, 6.07) is 5.50. The number of carbonyl (C=O) groups is 1. The lowest BCUT2D eigenvalue weighted by atomic mass is 10.2. The molecule has 1 aromatic carbocycles. The van der Waals surface area contributed by atoms with Crippen molar-refractivity contribution in [2.45, 2.75) is 18.7 Å². The van der Waals surface area contributed by atoms with Gasteiger partial charge in [0.25, 0.3) is 0 Å². The minimum Gasteiger partial charge on any atom is -0.462 e. The lowest BCUT2D eigenvalue weighted by Crippen LogP contribution is -2.29. The maximum Gasteiger partial charge on any atom is 0.338 e. The zero-order chi connectivity index (χ0) is 15.2. The number of aliphatic hydroxyl groups excluding tert-OH is 1. The van der Waals surface area contributed by atoms with Crippen LogP contribution in [0.2, 0.25) is 0 Å². The molecular weight excluding hydrogens is 282 g/mol. The highest BCUT2D eigenvalue weighted by atomic mass is 32.2. The van der Waals surface area contributed by atoms with Gasteiger partial charge in [-0.25, -0.2) is 17.9 Å². The van der Waals surface area contributed by atoms with Gasteiger partial charge in [0.15, 0.2) is 0 Å². The summed E-state index contributed by atoms with van der Waals surface area (Å²) in [5.41, 5.74) is 0.300. The maximum atomic E-state index is 12.0. The van der Waals surface area contributed by atoms with Crippen molar-refractivity contribution in [2.75, 3.05) is 19.8 Å². The normalized spacial score (nSPS) is 12.9. The Morgan fingerprint density at radius 3 is 2.45 bits per heavy atom. The van der Waals surface area contributed by atoms with Crippen LogP contribution in [0.25, 0.3) is 0 Å². The number of hydrogen-bond donors (Lipinski definition) is 2. The van der Waals surface area contributed by atoms with Crippen molar-refractivity contribution in [3.63, 3.8) is 0 Å². The summed E-state index contributed by atoms with van der Waals surface area (Å²) in [5.74, 6) is -0.651. The smallest absolute Gasteiger partial charge is 0.338 e. The molecule has 1 unspecified atom stereocenters. The Labute approximate surface area is 118 Å². The Morgan fingerprint density at radius 1 is 1.35 bits per heavy atom. The van der Waals surface area contributed by atoms with Crippen LogP contribution in [0.5, 0.6) is 0 Å². The van der Waals surface area contributed by atoms with E-state index in [-0.39, 0.29) is 30.6 Å². The number of aliphatic hydroxyl groups is 1. The van der Waals surface area contributed by atoms with Crippen LogP contribution in [0.4, 0.5) is 0 Å². The molecule has 0 bridgehead atoms. The highest BCUT2D eigenvalue weighted by molar-refractivity contribution is 7.89. The van der Waals surface area contributed by atoms with Crippen LogP contribution in [0.1, 0.15) is 24.2 Å². The third kappa shape index (κ3) is 4.59. The molecular formula is C13H19NO5S. The van der Waals surface area contributed by atoms with Gasteiger partial charge in [-0.05, 0) is 37.1 Å². The van der Waals surface area contributed by atoms with E-state index in [1.807, 2.05) is 0 Å². The maximum absolute atomic E-state index is 12.0. The average molecular weight is 301 g/mol. The van der Waals surface area contributed by atoms with Crippen LogP contribution in [0.15, 0.2) is 29.2 Å². The molecule has 0 aromatic heterocycles. The molecule has 0 saturated carbocycles. The molecule has 2 N–H and O–H groups in total. The van der Waals surface area contributed by atoms with Crippen molar-refractivity contribution in [3.05, 3.63) is 29.8 Å². The first-order valence-corrected chi connectivity index (χ1v) is 7.76. The van der Waals surface area contributed by atoms with E-state index in [0.717, 1.165) is 0 Å². The molecule has 20 heavy (non-hydrogen) atoms. The van der Waals surface area contributed by atoms with Crippen LogP contribution in [0.3, 0.4) is 0 Å². The quantitative estimate of drug-likeness (QED) is 0.726. The summed E-state index contributed by atoms with van der Waals surface area (Å²) in [6.07, 6.45) is 0. The van der Waals surface area contributed by atoms with Crippen LogP contribution >= 0.6 is 0 Å². The lowest BCUT2D eigenvalue weighted by molar-refractivity contribution is 0.0526. The first-order valence-electron chi connectivity index (χ1n) is 6.28. The molecule has 1 rings (SSSR count). The van der Waals surface area contributed by atoms with E-state index in [9.17, 15) is 13.2 Å². The van der Waals surface area contributed by atoms with E-state index in [1.54, 1.807) is 13.8 Å². The number of carbonyl (C=O) groups excluding carboxylic acids is 1. The molecule has 1 aromatic rings. The van der Waals surface area contributed by atoms with Gasteiger partial charge in [0, 0.05) is 13.2 Å². The van der Waals surface area contributed by atoms with Crippen molar-refractivity contribution in [2.24, 2.45) is 5.92 Å². The second-order valence-corrected chi connectivity index (χ2v) is 6.15. The summed E-state index contributed by atoms with van der Waals surface area (Å²) in [5, 5.41) is 8.86. The zero-order valence-corrected chi connectivity index (χ0v) is 12.3. The van der Waals surface area contributed by atoms with Gasteiger partial charge in [0.05, 0.1) is 17.1 Å². The highest BCUT2D eigenvalue weighted by Crippen LogP contribution is 2.11. The molecule has 0 amide bonds. The SMILES string of the molecule is CCOC(=O)c1ccc(S(=O)(=O)NCC(C)CO)cc1. The Bertz CT molecular complexity index is 538. The zero-order valence-electron chi connectivity index (χ0n) is 11.5. The summed E-state index contributed by atoms with van der Waals surface area (Å²) in [4.78, 5) is 11.5. The summed E-state index contributed by atoms with van der Waals surface area (Å²) in [6.45, 7) is 3.75. The fourth-order valence-electron chi connectivity index (χ4n) is 1.38. The first-order chi connectivity index (χ1) is 9.40. The monoisotopic (exact) mass is 301 g/mol. The molecule has 0 aliphatic rings. The molecule has 112 valence electrons. The van der Waals surface area contributed by atoms with Gasteiger partial charge in [-0.3, -0.25) is 0 Å². The van der Waals surface area contributed by atoms with Crippen LogP contribution in [-0.4, -0.2) is 39.3 Å². The summed E-state index contributed by atoms with van der Waals surface area (Å²) >= 11 is 0. The summed E-state index contributed by atoms with van der Waals surface area (Å²) < 4.78 is 31.1. The van der Waals surface area contributed by atoms with Crippen LogP contribution < -0.4 is 4.72 Å². The molecule has 0 fully saturated rings. The summed E-state index contributed by atoms with van der Waals surface area (Å²) in [7, 11) is -3.63. The molecule has 0 radical (unpaired) electrons. The van der Waals surface area contributed by atoms with Crippen molar-refractivity contribution in [1.82, 2.24) is 4.72 Å². The predicted octanol–water partition coefficient (Wildman–Crippen LogP) is 0.770. The van der Waals surface area contributed by atoms with E-state index < -0.39 is 16.0 Å². The fraction of sp³-hybridized carbons (Fsp3) is 0.462. The molecule has 0 spiro atoms. The van der Waals surface area contributed by atoms with Gasteiger partial charge in [-0.2, -0.15) is 0 Å². The Hall–Kier alpha value is -1.44. The molecule has 1 atom stereocenters. The van der Waals surface area contributed by atoms with Crippen LogP contribution in [-0.2, 0) is 14.8 Å². The molecule has 7 heteroatoms. The first kappa shape index (κ1) is 16.6. The van der Waals surface area contributed by atoms with Gasteiger partial charge in [-0.15, -0.1) is 0 Å². The van der Waals surface area contributed by atoms with Crippen molar-refractivity contribution in [1.29, 1.82) is 0 Å². The number of hydrogen-bond acceptors (Lipinski definition) is 5. The third-order valence-electron chi connectivity index (χ3n) is 2.61. The number of rotatable bonds is 7. The van der Waals surface area contributed by atoms with E-state index in [4.69, 9.17) is 9.84 Å². The predicted molar refractivity (Wildman–Crippen MR) is 73.8 cm³/mol. The third-order valence-corrected chi connectivity index (χ3v) is 4.05. The molecule has 0 heterocycles. The van der Waals surface area contributed by atoms with E-state index >= 15 is 0 Å². The Kier molecular flexibility index (Phi) is 6.12. The fourth-order valence-corrected chi connectivity index (χ4v) is 2.55. The molecule has 0 aliphatic heterocycles. The Morgan fingerprint density at radius 2 is 1.95 bits per heavy atom. The van der Waals surface area contributed by atoms with E-state index in [1.165, 1.54) is 24.3 Å². The minimum absolute atomic E-state index is 0.0655. The van der Waals surface area contributed by atoms with Gasteiger partial charge in [0.2, 0.25) is 10.0 Å². The van der Waals surface area contributed by atoms with Crippen molar-refractivity contribution >= 4 is 16.0 Å². The Balaban J connectivity index is 2.79.